The van der Waals surface area contributed by atoms with Gasteiger partial charge in [-0.15, -0.1) is 0 Å². The molecular formula is C16H13N3O2. The van der Waals surface area contributed by atoms with Gasteiger partial charge < -0.3 is 5.32 Å². The molecule has 1 amide bonds. The molecule has 1 aromatic heterocycles. The van der Waals surface area contributed by atoms with Crippen molar-refractivity contribution in [1.29, 1.82) is 0 Å². The lowest BCUT2D eigenvalue weighted by atomic mass is 10.1. The van der Waals surface area contributed by atoms with Gasteiger partial charge in [-0.05, 0) is 19.1 Å². The van der Waals surface area contributed by atoms with Gasteiger partial charge in [0.15, 0.2) is 5.78 Å². The maximum Gasteiger partial charge on any atom is 0.272 e. The molecule has 0 bridgehead atoms. The number of hydrogen-bond acceptors (Lipinski definition) is 4. The molecule has 1 N–H and O–H groups in total. The van der Waals surface area contributed by atoms with E-state index < -0.39 is 0 Å². The summed E-state index contributed by atoms with van der Waals surface area (Å²) >= 11 is 0. The van der Waals surface area contributed by atoms with Crippen LogP contribution in [0.3, 0.4) is 0 Å². The van der Waals surface area contributed by atoms with E-state index in [-0.39, 0.29) is 23.9 Å². The number of nitrogens with zero attached hydrogens (tertiary/aromatic N) is 2. The molecule has 0 saturated carbocycles. The van der Waals surface area contributed by atoms with Gasteiger partial charge in [-0.1, -0.05) is 24.0 Å². The lowest BCUT2D eigenvalue weighted by molar-refractivity contribution is 0.0952. The summed E-state index contributed by atoms with van der Waals surface area (Å²) in [5.41, 5.74) is 1.69. The van der Waals surface area contributed by atoms with E-state index in [1.54, 1.807) is 24.3 Å². The van der Waals surface area contributed by atoms with Gasteiger partial charge in [0.1, 0.15) is 5.69 Å². The van der Waals surface area contributed by atoms with Crippen molar-refractivity contribution in [2.45, 2.75) is 6.92 Å². The van der Waals surface area contributed by atoms with E-state index in [0.717, 1.165) is 5.56 Å². The van der Waals surface area contributed by atoms with Gasteiger partial charge in [-0.3, -0.25) is 14.6 Å². The predicted octanol–water partition coefficient (Wildman–Crippen LogP) is 1.46. The standard InChI is InChI=1S/C16H13N3O2/c1-12(20)14-6-4-13(5-7-14)3-2-8-19-16(21)15-11-17-9-10-18-15/h4-7,9-11H,8H2,1H3,(H,19,21). The number of nitrogens with one attached hydrogen (secondary N) is 1. The Morgan fingerprint density at radius 1 is 1.19 bits per heavy atom. The van der Waals surface area contributed by atoms with Crippen molar-refractivity contribution in [2.75, 3.05) is 6.54 Å². The summed E-state index contributed by atoms with van der Waals surface area (Å²) in [5, 5.41) is 2.63. The Balaban J connectivity index is 1.89. The molecule has 0 saturated heterocycles. The Bertz CT molecular complexity index is 698. The summed E-state index contributed by atoms with van der Waals surface area (Å²) in [4.78, 5) is 30.5. The maximum atomic E-state index is 11.7. The monoisotopic (exact) mass is 279 g/mol. The van der Waals surface area contributed by atoms with Gasteiger partial charge in [0, 0.05) is 23.5 Å². The van der Waals surface area contributed by atoms with Crippen LogP contribution >= 0.6 is 0 Å². The molecule has 0 aliphatic heterocycles. The molecule has 1 heterocycles. The average molecular weight is 279 g/mol. The van der Waals surface area contributed by atoms with E-state index >= 15 is 0 Å². The summed E-state index contributed by atoms with van der Waals surface area (Å²) in [7, 11) is 0. The molecule has 1 aromatic carbocycles. The molecule has 2 rings (SSSR count). The van der Waals surface area contributed by atoms with Crippen LogP contribution in [0.15, 0.2) is 42.9 Å². The SMILES string of the molecule is CC(=O)c1ccc(C#CCNC(=O)c2cnccn2)cc1. The molecule has 0 spiro atoms. The molecule has 21 heavy (non-hydrogen) atoms. The first-order chi connectivity index (χ1) is 10.2. The predicted molar refractivity (Wildman–Crippen MR) is 77.7 cm³/mol. The second kappa shape index (κ2) is 6.96. The Labute approximate surface area is 122 Å². The van der Waals surface area contributed by atoms with E-state index in [0.29, 0.717) is 5.56 Å². The summed E-state index contributed by atoms with van der Waals surface area (Å²) in [6.45, 7) is 1.73. The van der Waals surface area contributed by atoms with Crippen LogP contribution in [0.1, 0.15) is 33.3 Å². The molecule has 2 aromatic rings. The first-order valence-electron chi connectivity index (χ1n) is 6.31. The Morgan fingerprint density at radius 2 is 1.95 bits per heavy atom. The van der Waals surface area contributed by atoms with Crippen LogP contribution in [0.4, 0.5) is 0 Å². The largest absolute Gasteiger partial charge is 0.340 e. The van der Waals surface area contributed by atoms with Crippen molar-refractivity contribution in [1.82, 2.24) is 15.3 Å². The summed E-state index contributed by atoms with van der Waals surface area (Å²) in [5.74, 6) is 5.45. The number of amides is 1. The highest BCUT2D eigenvalue weighted by Gasteiger charge is 2.04. The topological polar surface area (TPSA) is 72.0 Å². The van der Waals surface area contributed by atoms with Crippen LogP contribution < -0.4 is 5.32 Å². The number of benzene rings is 1. The van der Waals surface area contributed by atoms with Gasteiger partial charge in [0.25, 0.3) is 5.91 Å². The van der Waals surface area contributed by atoms with Crippen molar-refractivity contribution >= 4 is 11.7 Å². The number of rotatable bonds is 3. The summed E-state index contributed by atoms with van der Waals surface area (Å²) in [6.07, 6.45) is 4.35. The van der Waals surface area contributed by atoms with Crippen molar-refractivity contribution in [3.63, 3.8) is 0 Å². The van der Waals surface area contributed by atoms with Crippen LogP contribution in [0.5, 0.6) is 0 Å². The second-order valence-corrected chi connectivity index (χ2v) is 4.21. The lowest BCUT2D eigenvalue weighted by Gasteiger charge is -1.98. The fourth-order valence-electron chi connectivity index (χ4n) is 1.57. The minimum Gasteiger partial charge on any atom is -0.340 e. The summed E-state index contributed by atoms with van der Waals surface area (Å²) in [6, 6.07) is 7.00. The highest BCUT2D eigenvalue weighted by molar-refractivity contribution is 5.94. The lowest BCUT2D eigenvalue weighted by Crippen LogP contribution is -2.24. The van der Waals surface area contributed by atoms with Crippen LogP contribution in [-0.2, 0) is 0 Å². The fourth-order valence-corrected chi connectivity index (χ4v) is 1.57. The normalized spacial score (nSPS) is 9.38. The van der Waals surface area contributed by atoms with Gasteiger partial charge in [-0.2, -0.15) is 0 Å². The van der Waals surface area contributed by atoms with Crippen LogP contribution in [0, 0.1) is 11.8 Å². The minimum atomic E-state index is -0.315. The molecule has 5 nitrogen and oxygen atoms in total. The molecule has 0 aliphatic carbocycles. The number of aromatic nitrogens is 2. The molecule has 0 unspecified atom stereocenters. The average Bonchev–Trinajstić information content (AvgIpc) is 2.52. The van der Waals surface area contributed by atoms with E-state index in [1.165, 1.54) is 25.5 Å². The fraction of sp³-hybridized carbons (Fsp3) is 0.125. The van der Waals surface area contributed by atoms with Crippen molar-refractivity contribution < 1.29 is 9.59 Å². The van der Waals surface area contributed by atoms with Crippen molar-refractivity contribution in [2.24, 2.45) is 0 Å². The highest BCUT2D eigenvalue weighted by atomic mass is 16.1. The number of hydrogen-bond donors (Lipinski definition) is 1. The number of ketones is 1. The van der Waals surface area contributed by atoms with Gasteiger partial charge in [0.2, 0.25) is 0 Å². The van der Waals surface area contributed by atoms with Gasteiger partial charge >= 0.3 is 0 Å². The van der Waals surface area contributed by atoms with E-state index in [4.69, 9.17) is 0 Å². The van der Waals surface area contributed by atoms with E-state index in [9.17, 15) is 9.59 Å². The Morgan fingerprint density at radius 3 is 2.57 bits per heavy atom. The number of Topliss-reactive ketones (excluding diaryl/α,β-unsaturated/α-hetero) is 1. The number of carbonyl (C=O) groups excluding carboxylic acids is 2. The first-order valence-corrected chi connectivity index (χ1v) is 6.31. The zero-order valence-corrected chi connectivity index (χ0v) is 11.5. The minimum absolute atomic E-state index is 0.0192. The molecule has 5 heteroatoms. The third kappa shape index (κ3) is 4.25. The van der Waals surface area contributed by atoms with E-state index in [1.807, 2.05) is 0 Å². The van der Waals surface area contributed by atoms with Crippen molar-refractivity contribution in [3.8, 4) is 11.8 Å². The molecule has 104 valence electrons. The second-order valence-electron chi connectivity index (χ2n) is 4.21. The first kappa shape index (κ1) is 14.4. The van der Waals surface area contributed by atoms with Crippen LogP contribution in [0.2, 0.25) is 0 Å². The zero-order chi connectivity index (χ0) is 15.1. The molecule has 0 radical (unpaired) electrons. The third-order valence-corrected chi connectivity index (χ3v) is 2.66. The van der Waals surface area contributed by atoms with E-state index in [2.05, 4.69) is 27.1 Å². The molecule has 0 aliphatic rings. The molecule has 0 atom stereocenters. The van der Waals surface area contributed by atoms with Crippen LogP contribution in [0.25, 0.3) is 0 Å². The highest BCUT2D eigenvalue weighted by Crippen LogP contribution is 2.03. The van der Waals surface area contributed by atoms with Crippen molar-refractivity contribution in [3.05, 3.63) is 59.7 Å². The zero-order valence-electron chi connectivity index (χ0n) is 11.5. The van der Waals surface area contributed by atoms with Crippen LogP contribution in [-0.4, -0.2) is 28.2 Å². The summed E-state index contributed by atoms with van der Waals surface area (Å²) < 4.78 is 0. The Kier molecular flexibility index (Phi) is 4.78. The number of carbonyl (C=O) groups is 2. The van der Waals surface area contributed by atoms with Gasteiger partial charge in [0.05, 0.1) is 12.7 Å². The molecule has 0 fully saturated rings. The smallest absolute Gasteiger partial charge is 0.272 e. The maximum absolute atomic E-state index is 11.7. The third-order valence-electron chi connectivity index (χ3n) is 2.66. The van der Waals surface area contributed by atoms with Gasteiger partial charge in [-0.25, -0.2) is 4.98 Å². The Hall–Kier alpha value is -3.00. The molecular weight excluding hydrogens is 266 g/mol. The quantitative estimate of drug-likeness (QED) is 0.682.